The molecule has 0 aliphatic carbocycles. The number of carbonyl (C=O) groups excluding carboxylic acids is 2. The molecular weight excluding hydrogens is 214 g/mol. The number of nitrogens with one attached hydrogen (secondary N) is 1. The van der Waals surface area contributed by atoms with Crippen molar-refractivity contribution in [1.82, 2.24) is 5.32 Å². The molecule has 1 N–H and O–H groups in total. The molecule has 1 fully saturated rings. The highest BCUT2D eigenvalue weighted by atomic mass is 16.1. The van der Waals surface area contributed by atoms with Crippen LogP contribution in [0.15, 0.2) is 30.3 Å². The summed E-state index contributed by atoms with van der Waals surface area (Å²) in [5.74, 6) is 0. The van der Waals surface area contributed by atoms with E-state index < -0.39 is 0 Å². The van der Waals surface area contributed by atoms with Crippen LogP contribution in [0.1, 0.15) is 36.5 Å². The number of aldehydes is 2. The van der Waals surface area contributed by atoms with Crippen LogP contribution < -0.4 is 5.32 Å². The van der Waals surface area contributed by atoms with E-state index in [0.717, 1.165) is 18.1 Å². The van der Waals surface area contributed by atoms with Gasteiger partial charge in [-0.25, -0.2) is 0 Å². The standard InChI is InChI=1S/C7H6O.C5H11N.C2H4O/c8-6-7-4-2-1-3-5-7;1-2-4-6-5-3-1;1-2-3/h1-6H;6H,1-5H2;2H,1H3. The molecule has 1 saturated heterocycles. The average molecular weight is 235 g/mol. The SMILES string of the molecule is C1CCNCC1.CC=O.O=Cc1ccccc1. The van der Waals surface area contributed by atoms with Gasteiger partial charge in [0.2, 0.25) is 0 Å². The Labute approximate surface area is 103 Å². The van der Waals surface area contributed by atoms with Crippen molar-refractivity contribution in [2.45, 2.75) is 26.2 Å². The lowest BCUT2D eigenvalue weighted by Crippen LogP contribution is -2.21. The maximum Gasteiger partial charge on any atom is 0.150 e. The topological polar surface area (TPSA) is 46.2 Å². The molecule has 3 nitrogen and oxygen atoms in total. The number of rotatable bonds is 1. The Balaban J connectivity index is 0.000000252. The van der Waals surface area contributed by atoms with Crippen molar-refractivity contribution in [2.75, 3.05) is 13.1 Å². The molecule has 0 atom stereocenters. The van der Waals surface area contributed by atoms with Crippen LogP contribution in [0.4, 0.5) is 0 Å². The van der Waals surface area contributed by atoms with Gasteiger partial charge < -0.3 is 10.1 Å². The van der Waals surface area contributed by atoms with Crippen molar-refractivity contribution in [2.24, 2.45) is 0 Å². The zero-order valence-corrected chi connectivity index (χ0v) is 10.4. The average Bonchev–Trinajstić information content (AvgIpc) is 2.43. The Kier molecular flexibility index (Phi) is 11.5. The summed E-state index contributed by atoms with van der Waals surface area (Å²) < 4.78 is 0. The minimum absolute atomic E-state index is 0.729. The first-order valence-electron chi connectivity index (χ1n) is 5.96. The van der Waals surface area contributed by atoms with Gasteiger partial charge in [0.05, 0.1) is 0 Å². The summed E-state index contributed by atoms with van der Waals surface area (Å²) in [7, 11) is 0. The molecule has 1 heterocycles. The fraction of sp³-hybridized carbons (Fsp3) is 0.429. The van der Waals surface area contributed by atoms with Gasteiger partial charge in [0, 0.05) is 5.56 Å². The summed E-state index contributed by atoms with van der Waals surface area (Å²) in [6, 6.07) is 9.10. The van der Waals surface area contributed by atoms with Crippen LogP contribution in [0.2, 0.25) is 0 Å². The van der Waals surface area contributed by atoms with Gasteiger partial charge in [0.1, 0.15) is 12.6 Å². The Morgan fingerprint density at radius 2 is 1.53 bits per heavy atom. The van der Waals surface area contributed by atoms with E-state index in [9.17, 15) is 4.79 Å². The minimum Gasteiger partial charge on any atom is -0.317 e. The molecule has 1 aliphatic heterocycles. The third-order valence-electron chi connectivity index (χ3n) is 2.14. The molecule has 2 rings (SSSR count). The molecule has 1 aromatic carbocycles. The molecule has 1 aliphatic rings. The Morgan fingerprint density at radius 3 is 1.76 bits per heavy atom. The van der Waals surface area contributed by atoms with Crippen LogP contribution in [0.25, 0.3) is 0 Å². The van der Waals surface area contributed by atoms with Crippen molar-refractivity contribution in [1.29, 1.82) is 0 Å². The molecule has 0 bridgehead atoms. The molecule has 3 heteroatoms. The molecule has 0 unspecified atom stereocenters. The van der Waals surface area contributed by atoms with Crippen molar-refractivity contribution < 1.29 is 9.59 Å². The predicted molar refractivity (Wildman–Crippen MR) is 70.3 cm³/mol. The lowest BCUT2D eigenvalue weighted by Gasteiger charge is -2.08. The Hall–Kier alpha value is -1.48. The fourth-order valence-electron chi connectivity index (χ4n) is 1.33. The molecule has 0 aromatic heterocycles. The summed E-state index contributed by atoms with van der Waals surface area (Å²) in [6.45, 7) is 3.94. The second-order valence-electron chi connectivity index (χ2n) is 3.57. The van der Waals surface area contributed by atoms with Crippen LogP contribution >= 0.6 is 0 Å². The molecule has 0 radical (unpaired) electrons. The molecule has 1 aromatic rings. The van der Waals surface area contributed by atoms with Crippen molar-refractivity contribution in [3.05, 3.63) is 35.9 Å². The maximum absolute atomic E-state index is 10.0. The summed E-state index contributed by atoms with van der Waals surface area (Å²) >= 11 is 0. The van der Waals surface area contributed by atoms with Crippen molar-refractivity contribution in [3.63, 3.8) is 0 Å². The van der Waals surface area contributed by atoms with Crippen LogP contribution in [-0.2, 0) is 4.79 Å². The van der Waals surface area contributed by atoms with Gasteiger partial charge in [-0.2, -0.15) is 0 Å². The van der Waals surface area contributed by atoms with Gasteiger partial charge in [-0.3, -0.25) is 4.79 Å². The van der Waals surface area contributed by atoms with E-state index in [-0.39, 0.29) is 0 Å². The molecule has 17 heavy (non-hydrogen) atoms. The molecular formula is C14H21NO2. The third-order valence-corrected chi connectivity index (χ3v) is 2.14. The first-order valence-corrected chi connectivity index (χ1v) is 5.96. The van der Waals surface area contributed by atoms with E-state index in [1.807, 2.05) is 18.2 Å². The highest BCUT2D eigenvalue weighted by Crippen LogP contribution is 1.96. The molecule has 0 saturated carbocycles. The number of benzene rings is 1. The zero-order valence-electron chi connectivity index (χ0n) is 10.4. The van der Waals surface area contributed by atoms with Crippen molar-refractivity contribution >= 4 is 12.6 Å². The van der Waals surface area contributed by atoms with Gasteiger partial charge in [0.25, 0.3) is 0 Å². The zero-order chi connectivity index (χ0) is 12.8. The van der Waals surface area contributed by atoms with Crippen LogP contribution in [0.5, 0.6) is 0 Å². The smallest absolute Gasteiger partial charge is 0.150 e. The van der Waals surface area contributed by atoms with Gasteiger partial charge >= 0.3 is 0 Å². The highest BCUT2D eigenvalue weighted by molar-refractivity contribution is 5.74. The Bertz CT molecular complexity index is 270. The Morgan fingerprint density at radius 1 is 1.00 bits per heavy atom. The summed E-state index contributed by atoms with van der Waals surface area (Å²) in [5, 5.41) is 3.28. The second kappa shape index (κ2) is 12.6. The van der Waals surface area contributed by atoms with E-state index >= 15 is 0 Å². The fourth-order valence-corrected chi connectivity index (χ4v) is 1.33. The number of hydrogen-bond donors (Lipinski definition) is 1. The lowest BCUT2D eigenvalue weighted by atomic mass is 10.2. The second-order valence-corrected chi connectivity index (χ2v) is 3.57. The van der Waals surface area contributed by atoms with E-state index in [1.54, 1.807) is 12.1 Å². The number of piperidine rings is 1. The quantitative estimate of drug-likeness (QED) is 0.761. The predicted octanol–water partition coefficient (Wildman–Crippen LogP) is 2.46. The minimum atomic E-state index is 0.729. The monoisotopic (exact) mass is 235 g/mol. The van der Waals surface area contributed by atoms with Crippen LogP contribution in [0.3, 0.4) is 0 Å². The van der Waals surface area contributed by atoms with Gasteiger partial charge in [-0.15, -0.1) is 0 Å². The maximum atomic E-state index is 10.0. The van der Waals surface area contributed by atoms with E-state index in [4.69, 9.17) is 4.79 Å². The summed E-state index contributed by atoms with van der Waals surface area (Å²) in [4.78, 5) is 18.8. The molecule has 94 valence electrons. The van der Waals surface area contributed by atoms with E-state index in [0.29, 0.717) is 0 Å². The first kappa shape index (κ1) is 15.5. The molecule has 0 spiro atoms. The lowest BCUT2D eigenvalue weighted by molar-refractivity contribution is -0.106. The number of carbonyl (C=O) groups is 2. The normalized spacial score (nSPS) is 13.2. The van der Waals surface area contributed by atoms with Crippen molar-refractivity contribution in [3.8, 4) is 0 Å². The van der Waals surface area contributed by atoms with Crippen LogP contribution in [-0.4, -0.2) is 25.7 Å². The van der Waals surface area contributed by atoms with Crippen LogP contribution in [0, 0.1) is 0 Å². The van der Waals surface area contributed by atoms with E-state index in [1.165, 1.54) is 39.3 Å². The molecule has 0 amide bonds. The first-order chi connectivity index (χ1) is 8.35. The van der Waals surface area contributed by atoms with E-state index in [2.05, 4.69) is 5.32 Å². The number of hydrogen-bond acceptors (Lipinski definition) is 3. The van der Waals surface area contributed by atoms with Gasteiger partial charge in [0.15, 0.2) is 0 Å². The van der Waals surface area contributed by atoms with Gasteiger partial charge in [-0.05, 0) is 32.9 Å². The van der Waals surface area contributed by atoms with Gasteiger partial charge in [-0.1, -0.05) is 36.8 Å². The summed E-state index contributed by atoms with van der Waals surface area (Å²) in [6.07, 6.45) is 5.80. The largest absolute Gasteiger partial charge is 0.317 e. The summed E-state index contributed by atoms with van der Waals surface area (Å²) in [5.41, 5.74) is 0.729. The third kappa shape index (κ3) is 10.8. The highest BCUT2D eigenvalue weighted by Gasteiger charge is 1.93.